The number of aromatic nitrogens is 3. The minimum atomic E-state index is -4.07. The summed E-state index contributed by atoms with van der Waals surface area (Å²) in [7, 11) is -0.565. The van der Waals surface area contributed by atoms with Gasteiger partial charge in [0.15, 0.2) is 0 Å². The Kier molecular flexibility index (Phi) is 9.53. The molecule has 6 heterocycles. The molecule has 2 bridgehead atoms. The third-order valence-corrected chi connectivity index (χ3v) is 13.3. The largest absolute Gasteiger partial charge is 0.497 e. The van der Waals surface area contributed by atoms with E-state index >= 15 is 0 Å². The number of nitrogens with zero attached hydrogens (tertiary/aromatic N) is 5. The lowest BCUT2D eigenvalue weighted by molar-refractivity contribution is -0.119. The molecule has 0 unspecified atom stereocenters. The van der Waals surface area contributed by atoms with Crippen molar-refractivity contribution in [3.63, 3.8) is 0 Å². The van der Waals surface area contributed by atoms with E-state index in [2.05, 4.69) is 26.5 Å². The smallest absolute Gasteiger partial charge is 0.304 e. The zero-order valence-corrected chi connectivity index (χ0v) is 32.0. The highest BCUT2D eigenvalue weighted by Gasteiger charge is 2.41. The third-order valence-electron chi connectivity index (χ3n) is 11.8. The van der Waals surface area contributed by atoms with Gasteiger partial charge in [-0.3, -0.25) is 14.3 Å². The molecule has 9 rings (SSSR count). The number of fused-ring (bicyclic) bond motifs is 7. The van der Waals surface area contributed by atoms with Crippen LogP contribution in [0.15, 0.2) is 42.6 Å². The quantitative estimate of drug-likeness (QED) is 0.292. The van der Waals surface area contributed by atoms with Crippen LogP contribution < -0.4 is 9.46 Å². The van der Waals surface area contributed by atoms with Crippen molar-refractivity contribution in [2.75, 3.05) is 59.8 Å². The zero-order chi connectivity index (χ0) is 37.8. The molecule has 14 nitrogen and oxygen atoms in total. The van der Waals surface area contributed by atoms with E-state index in [1.54, 1.807) is 24.1 Å². The molecular formula is C40H46N6O8S. The molecule has 0 spiro atoms. The maximum Gasteiger partial charge on any atom is 0.304 e. The molecule has 2 aromatic heterocycles. The molecule has 1 N–H and O–H groups in total. The Morgan fingerprint density at radius 1 is 0.909 bits per heavy atom. The zero-order valence-electron chi connectivity index (χ0n) is 31.2. The van der Waals surface area contributed by atoms with E-state index < -0.39 is 16.1 Å². The highest BCUT2D eigenvalue weighted by molar-refractivity contribution is 7.87. The topological polar surface area (TPSA) is 146 Å². The van der Waals surface area contributed by atoms with Gasteiger partial charge in [0.2, 0.25) is 0 Å². The Hall–Kier alpha value is -4.54. The highest BCUT2D eigenvalue weighted by atomic mass is 32.2. The number of hydrogen-bond donors (Lipinski definition) is 1. The summed E-state index contributed by atoms with van der Waals surface area (Å²) < 4.78 is 56.7. The molecule has 2 amide bonds. The first-order chi connectivity index (χ1) is 26.7. The summed E-state index contributed by atoms with van der Waals surface area (Å²) in [6.45, 7) is 2.94. The van der Waals surface area contributed by atoms with Crippen molar-refractivity contribution < 1.29 is 37.0 Å². The van der Waals surface area contributed by atoms with Crippen LogP contribution in [0.5, 0.6) is 5.75 Å². The van der Waals surface area contributed by atoms with Crippen LogP contribution in [0.1, 0.15) is 75.6 Å². The fourth-order valence-electron chi connectivity index (χ4n) is 9.20. The van der Waals surface area contributed by atoms with Crippen molar-refractivity contribution in [1.82, 2.24) is 28.3 Å². The van der Waals surface area contributed by atoms with Crippen LogP contribution in [0.3, 0.4) is 0 Å². The lowest BCUT2D eigenvalue weighted by Crippen LogP contribution is -2.61. The van der Waals surface area contributed by atoms with Crippen molar-refractivity contribution in [2.24, 2.45) is 7.05 Å². The number of morpholine rings is 3. The van der Waals surface area contributed by atoms with Gasteiger partial charge in [0, 0.05) is 42.2 Å². The summed E-state index contributed by atoms with van der Waals surface area (Å²) in [5, 5.41) is 5.67. The van der Waals surface area contributed by atoms with Gasteiger partial charge in [0.25, 0.3) is 11.8 Å². The lowest BCUT2D eigenvalue weighted by atomic mass is 9.81. The van der Waals surface area contributed by atoms with Gasteiger partial charge >= 0.3 is 10.2 Å². The van der Waals surface area contributed by atoms with Crippen molar-refractivity contribution in [3.8, 4) is 17.0 Å². The number of aryl methyl sites for hydroxylation is 1. The molecular weight excluding hydrogens is 725 g/mol. The van der Waals surface area contributed by atoms with Gasteiger partial charge in [0.05, 0.1) is 88.5 Å². The molecule has 1 aliphatic carbocycles. The molecule has 0 atom stereocenters. The van der Waals surface area contributed by atoms with E-state index in [9.17, 15) is 18.0 Å². The first-order valence-corrected chi connectivity index (χ1v) is 20.6. The molecule has 290 valence electrons. The second kappa shape index (κ2) is 14.5. The number of amides is 2. The van der Waals surface area contributed by atoms with E-state index in [4.69, 9.17) is 18.9 Å². The second-order valence-electron chi connectivity index (χ2n) is 15.1. The second-order valence-corrected chi connectivity index (χ2v) is 16.8. The van der Waals surface area contributed by atoms with Gasteiger partial charge in [-0.15, -0.1) is 0 Å². The first kappa shape index (κ1) is 36.1. The Labute approximate surface area is 320 Å². The fraction of sp³-hybridized carbons (Fsp3) is 0.475. The monoisotopic (exact) mass is 770 g/mol. The number of ether oxygens (including phenoxy) is 4. The number of allylic oxidation sites excluding steroid dienone is 1. The highest BCUT2D eigenvalue weighted by Crippen LogP contribution is 2.48. The van der Waals surface area contributed by atoms with Crippen LogP contribution in [0.4, 0.5) is 0 Å². The molecule has 55 heavy (non-hydrogen) atoms. The Morgan fingerprint density at radius 3 is 2.35 bits per heavy atom. The Morgan fingerprint density at radius 2 is 1.64 bits per heavy atom. The maximum absolute atomic E-state index is 14.5. The van der Waals surface area contributed by atoms with Crippen LogP contribution in [0.25, 0.3) is 33.8 Å². The van der Waals surface area contributed by atoms with Crippen LogP contribution >= 0.6 is 0 Å². The van der Waals surface area contributed by atoms with Gasteiger partial charge in [-0.1, -0.05) is 25.3 Å². The molecule has 15 heteroatoms. The minimum Gasteiger partial charge on any atom is -0.497 e. The summed E-state index contributed by atoms with van der Waals surface area (Å²) in [6, 6.07) is 11.2. The molecule has 4 aliphatic heterocycles. The van der Waals surface area contributed by atoms with Crippen molar-refractivity contribution in [1.29, 1.82) is 0 Å². The normalized spacial score (nSPS) is 22.1. The first-order valence-electron chi connectivity index (χ1n) is 19.2. The number of carbonyl (C=O) groups is 2. The van der Waals surface area contributed by atoms with Crippen molar-refractivity contribution in [3.05, 3.63) is 70.5 Å². The van der Waals surface area contributed by atoms with Crippen LogP contribution in [0, 0.1) is 0 Å². The Balaban J connectivity index is 1.20. The predicted octanol–water partition coefficient (Wildman–Crippen LogP) is 4.20. The molecule has 1 saturated carbocycles. The number of hydrogen-bond acceptors (Lipinski definition) is 9. The molecule has 5 aliphatic rings. The van der Waals surface area contributed by atoms with Crippen molar-refractivity contribution in [2.45, 2.75) is 56.7 Å². The average molecular weight is 771 g/mol. The standard InChI is InChI=1S/C40H46N6O8S/c1-43-37(34(19-41-43)40(48)46-29-21-53-23-30(46)24-54-22-29)28-16-27-17-31(51-2)9-11-32(27)38-36(25-6-4-3-5-7-25)33-10-8-26(18-35(33)45(38)20-28)39(47)42-55(49,50)44-12-14-52-15-13-44/h8-11,16-19,25,29-30H,3-7,12-15,20-24H2,1-2H3,(H,42,47). The van der Waals surface area contributed by atoms with E-state index in [0.29, 0.717) is 55.9 Å². The number of rotatable bonds is 7. The van der Waals surface area contributed by atoms with Gasteiger partial charge < -0.3 is 28.4 Å². The summed E-state index contributed by atoms with van der Waals surface area (Å²) in [4.78, 5) is 30.2. The van der Waals surface area contributed by atoms with Crippen LogP contribution in [-0.4, -0.2) is 116 Å². The van der Waals surface area contributed by atoms with Gasteiger partial charge in [-0.05, 0) is 71.9 Å². The molecule has 4 fully saturated rings. The molecule has 0 radical (unpaired) electrons. The van der Waals surface area contributed by atoms with E-state index in [0.717, 1.165) is 59.0 Å². The van der Waals surface area contributed by atoms with E-state index in [-0.39, 0.29) is 49.9 Å². The number of nitrogens with one attached hydrogen (secondary N) is 1. The maximum atomic E-state index is 14.5. The SMILES string of the molecule is COc1ccc2c(c1)C=C(c1c(C(=O)N3C4COCC3COC4)cnn1C)Cn1c-2c(C2CCCCC2)c2ccc(C(=O)NS(=O)(=O)N3CCOCC3)cc21. The minimum absolute atomic E-state index is 0.110. The fourth-order valence-corrected chi connectivity index (χ4v) is 10.3. The average Bonchev–Trinajstić information content (AvgIpc) is 3.68. The number of carbonyl (C=O) groups excluding carboxylic acids is 2. The predicted molar refractivity (Wildman–Crippen MR) is 205 cm³/mol. The number of methoxy groups -OCH3 is 1. The lowest BCUT2D eigenvalue weighted by Gasteiger charge is -2.45. The van der Waals surface area contributed by atoms with E-state index in [1.807, 2.05) is 36.2 Å². The van der Waals surface area contributed by atoms with Gasteiger partial charge in [-0.25, -0.2) is 4.72 Å². The summed E-state index contributed by atoms with van der Waals surface area (Å²) >= 11 is 0. The van der Waals surface area contributed by atoms with E-state index in [1.165, 1.54) is 16.3 Å². The van der Waals surface area contributed by atoms with Gasteiger partial charge in [0.1, 0.15) is 5.75 Å². The van der Waals surface area contributed by atoms with Gasteiger partial charge in [-0.2, -0.15) is 17.8 Å². The number of benzene rings is 2. The van der Waals surface area contributed by atoms with Crippen LogP contribution in [-0.2, 0) is 38.0 Å². The summed E-state index contributed by atoms with van der Waals surface area (Å²) in [5.74, 6) is 0.196. The summed E-state index contributed by atoms with van der Waals surface area (Å²) in [6.07, 6.45) is 9.33. The molecule has 4 aromatic rings. The van der Waals surface area contributed by atoms with Crippen molar-refractivity contribution >= 4 is 44.6 Å². The summed E-state index contributed by atoms with van der Waals surface area (Å²) in [5.41, 5.74) is 7.36. The third kappa shape index (κ3) is 6.45. The molecule has 3 saturated heterocycles. The molecule has 2 aromatic carbocycles. The Bertz CT molecular complexity index is 2280. The van der Waals surface area contributed by atoms with Crippen LogP contribution in [0.2, 0.25) is 0 Å².